The number of hydrogen-bond donors (Lipinski definition) is 2. The summed E-state index contributed by atoms with van der Waals surface area (Å²) >= 11 is 6.11. The summed E-state index contributed by atoms with van der Waals surface area (Å²) in [7, 11) is -1.83. The van der Waals surface area contributed by atoms with Gasteiger partial charge in [-0.25, -0.2) is 4.21 Å². The zero-order valence-electron chi connectivity index (χ0n) is 19.7. The molecule has 0 fully saturated rings. The Hall–Kier alpha value is -3.83. The van der Waals surface area contributed by atoms with E-state index in [1.165, 1.54) is 43.3 Å². The third kappa shape index (κ3) is 5.37. The Labute approximate surface area is 213 Å². The van der Waals surface area contributed by atoms with Crippen LogP contribution in [0.15, 0.2) is 58.3 Å². The molecule has 0 spiro atoms. The third-order valence-electron chi connectivity index (χ3n) is 5.42. The molecule has 0 heterocycles. The minimum Gasteiger partial charge on any atom is -0.507 e. The van der Waals surface area contributed by atoms with Crippen molar-refractivity contribution in [2.75, 3.05) is 5.32 Å². The number of carbonyl (C=O) groups excluding carboxylic acids is 1. The molecule has 12 heteroatoms. The summed E-state index contributed by atoms with van der Waals surface area (Å²) in [5.41, 5.74) is -0.522. The molecule has 1 unspecified atom stereocenters. The van der Waals surface area contributed by atoms with Gasteiger partial charge in [-0.05, 0) is 42.2 Å². The van der Waals surface area contributed by atoms with Crippen molar-refractivity contribution in [1.29, 1.82) is 0 Å². The summed E-state index contributed by atoms with van der Waals surface area (Å²) < 4.78 is 13.5. The number of nitrogens with one attached hydrogen (secondary N) is 1. The first-order valence-electron chi connectivity index (χ1n) is 10.5. The van der Waals surface area contributed by atoms with Crippen LogP contribution in [0.3, 0.4) is 0 Å². The van der Waals surface area contributed by atoms with Crippen LogP contribution in [-0.2, 0) is 16.2 Å². The van der Waals surface area contributed by atoms with Gasteiger partial charge in [0.1, 0.15) is 5.75 Å². The standard InChI is InChI=1S/C24H22ClN3O7S/c1-13-20(36(35)16-8-5-14(6-9-16)27(31)32)12-17(24(2,3)4)22(29)21(13)23(30)26-19-10-7-15(28(33)34)11-18(19)25/h5-12,29H,1-4H3,(H,26,30). The topological polar surface area (TPSA) is 153 Å². The van der Waals surface area contributed by atoms with Crippen molar-refractivity contribution in [3.8, 4) is 5.75 Å². The summed E-state index contributed by atoms with van der Waals surface area (Å²) in [6.07, 6.45) is 0. The number of phenols is 1. The molecule has 2 N–H and O–H groups in total. The molecule has 1 atom stereocenters. The molecule has 0 aliphatic rings. The molecule has 0 aliphatic heterocycles. The van der Waals surface area contributed by atoms with Crippen LogP contribution in [0.4, 0.5) is 17.1 Å². The fourth-order valence-electron chi connectivity index (χ4n) is 3.51. The number of nitro benzene ring substituents is 2. The highest BCUT2D eigenvalue weighted by Gasteiger charge is 2.29. The molecular formula is C24H22ClN3O7S. The van der Waals surface area contributed by atoms with Crippen molar-refractivity contribution >= 4 is 45.4 Å². The van der Waals surface area contributed by atoms with Crippen molar-refractivity contribution in [2.45, 2.75) is 42.9 Å². The van der Waals surface area contributed by atoms with Gasteiger partial charge < -0.3 is 10.4 Å². The van der Waals surface area contributed by atoms with Crippen LogP contribution in [0.5, 0.6) is 5.75 Å². The van der Waals surface area contributed by atoms with Crippen molar-refractivity contribution in [2.24, 2.45) is 0 Å². The molecule has 3 aromatic carbocycles. The number of aromatic hydroxyl groups is 1. The smallest absolute Gasteiger partial charge is 0.271 e. The van der Waals surface area contributed by atoms with Gasteiger partial charge in [-0.1, -0.05) is 32.4 Å². The first kappa shape index (κ1) is 26.8. The van der Waals surface area contributed by atoms with Gasteiger partial charge in [0.15, 0.2) is 0 Å². The zero-order chi connectivity index (χ0) is 26.9. The molecule has 0 aliphatic carbocycles. The number of rotatable bonds is 6. The summed E-state index contributed by atoms with van der Waals surface area (Å²) in [6, 6.07) is 10.3. The normalized spacial score (nSPS) is 12.1. The minimum atomic E-state index is -1.83. The Morgan fingerprint density at radius 2 is 1.56 bits per heavy atom. The number of nitrogens with zero attached hydrogens (tertiary/aromatic N) is 2. The van der Waals surface area contributed by atoms with Gasteiger partial charge >= 0.3 is 0 Å². The molecular weight excluding hydrogens is 510 g/mol. The lowest BCUT2D eigenvalue weighted by Gasteiger charge is -2.25. The second-order valence-electron chi connectivity index (χ2n) is 8.92. The van der Waals surface area contributed by atoms with E-state index >= 15 is 0 Å². The van der Waals surface area contributed by atoms with Gasteiger partial charge in [-0.15, -0.1) is 0 Å². The van der Waals surface area contributed by atoms with Crippen LogP contribution in [-0.4, -0.2) is 25.1 Å². The van der Waals surface area contributed by atoms with Crippen LogP contribution >= 0.6 is 11.6 Å². The predicted octanol–water partition coefficient (Wildman–Crippen LogP) is 5.89. The lowest BCUT2D eigenvalue weighted by atomic mass is 9.84. The van der Waals surface area contributed by atoms with Crippen LogP contribution in [0, 0.1) is 27.2 Å². The van der Waals surface area contributed by atoms with Crippen molar-refractivity contribution in [3.05, 3.63) is 90.5 Å². The van der Waals surface area contributed by atoms with Gasteiger partial charge in [0.2, 0.25) is 0 Å². The van der Waals surface area contributed by atoms with E-state index in [0.717, 1.165) is 6.07 Å². The molecule has 188 valence electrons. The summed E-state index contributed by atoms with van der Waals surface area (Å²) in [4.78, 5) is 34.5. The number of anilines is 1. The number of phenolic OH excluding ortho intramolecular Hbond substituents is 1. The minimum absolute atomic E-state index is 0.0728. The number of amides is 1. The molecule has 10 nitrogen and oxygen atoms in total. The highest BCUT2D eigenvalue weighted by Crippen LogP contribution is 2.39. The monoisotopic (exact) mass is 531 g/mol. The second-order valence-corrected chi connectivity index (χ2v) is 10.8. The average Bonchev–Trinajstić information content (AvgIpc) is 2.79. The largest absolute Gasteiger partial charge is 0.507 e. The molecule has 0 saturated heterocycles. The first-order valence-corrected chi connectivity index (χ1v) is 12.0. The lowest BCUT2D eigenvalue weighted by Crippen LogP contribution is -2.19. The van der Waals surface area contributed by atoms with E-state index in [9.17, 15) is 34.3 Å². The van der Waals surface area contributed by atoms with Gasteiger partial charge in [0.25, 0.3) is 17.3 Å². The summed E-state index contributed by atoms with van der Waals surface area (Å²) in [5.74, 6) is -1.06. The van der Waals surface area contributed by atoms with Gasteiger partial charge in [0.05, 0.1) is 36.9 Å². The Kier molecular flexibility index (Phi) is 7.46. The molecule has 3 aromatic rings. The number of benzene rings is 3. The van der Waals surface area contributed by atoms with E-state index in [1.807, 2.05) is 20.8 Å². The maximum atomic E-state index is 13.5. The Balaban J connectivity index is 2.12. The predicted molar refractivity (Wildman–Crippen MR) is 135 cm³/mol. The molecule has 0 saturated carbocycles. The van der Waals surface area contributed by atoms with E-state index in [0.29, 0.717) is 5.56 Å². The second kappa shape index (κ2) is 10.0. The van der Waals surface area contributed by atoms with Crippen molar-refractivity contribution in [3.63, 3.8) is 0 Å². The maximum Gasteiger partial charge on any atom is 0.271 e. The van der Waals surface area contributed by atoms with E-state index < -0.39 is 32.0 Å². The Morgan fingerprint density at radius 1 is 1.00 bits per heavy atom. The highest BCUT2D eigenvalue weighted by molar-refractivity contribution is 7.85. The molecule has 36 heavy (non-hydrogen) atoms. The summed E-state index contributed by atoms with van der Waals surface area (Å²) in [5, 5.41) is 35.5. The fraction of sp³-hybridized carbons (Fsp3) is 0.208. The first-order chi connectivity index (χ1) is 16.7. The van der Waals surface area contributed by atoms with Crippen molar-refractivity contribution < 1.29 is 24.0 Å². The van der Waals surface area contributed by atoms with Gasteiger partial charge in [-0.2, -0.15) is 0 Å². The Morgan fingerprint density at radius 3 is 2.06 bits per heavy atom. The maximum absolute atomic E-state index is 13.5. The van der Waals surface area contributed by atoms with Gasteiger partial charge in [0, 0.05) is 39.6 Å². The van der Waals surface area contributed by atoms with Crippen LogP contribution in [0.25, 0.3) is 0 Å². The molecule has 1 amide bonds. The Bertz CT molecular complexity index is 1420. The van der Waals surface area contributed by atoms with Crippen molar-refractivity contribution in [1.82, 2.24) is 0 Å². The summed E-state index contributed by atoms with van der Waals surface area (Å²) in [6.45, 7) is 6.96. The molecule has 0 bridgehead atoms. The lowest BCUT2D eigenvalue weighted by molar-refractivity contribution is -0.385. The average molecular weight is 532 g/mol. The zero-order valence-corrected chi connectivity index (χ0v) is 21.3. The van der Waals surface area contributed by atoms with Gasteiger partial charge in [-0.3, -0.25) is 25.0 Å². The number of hydrogen-bond acceptors (Lipinski definition) is 7. The van der Waals surface area contributed by atoms with Crippen LogP contribution in [0.2, 0.25) is 5.02 Å². The van der Waals surface area contributed by atoms with Crippen LogP contribution in [0.1, 0.15) is 42.3 Å². The number of carbonyl (C=O) groups is 1. The highest BCUT2D eigenvalue weighted by atomic mass is 35.5. The van der Waals surface area contributed by atoms with E-state index in [1.54, 1.807) is 6.07 Å². The van der Waals surface area contributed by atoms with E-state index in [2.05, 4.69) is 5.32 Å². The molecule has 3 rings (SSSR count). The molecule has 0 radical (unpaired) electrons. The quantitative estimate of drug-likeness (QED) is 0.297. The SMILES string of the molecule is Cc1c(S(=O)c2ccc([N+](=O)[O-])cc2)cc(C(C)(C)C)c(O)c1C(=O)Nc1ccc([N+](=O)[O-])cc1Cl. The fourth-order valence-corrected chi connectivity index (χ4v) is 4.97. The van der Waals surface area contributed by atoms with Crippen LogP contribution < -0.4 is 5.32 Å². The number of nitro groups is 2. The third-order valence-corrected chi connectivity index (χ3v) is 7.26. The van der Waals surface area contributed by atoms with E-state index in [4.69, 9.17) is 11.6 Å². The molecule has 0 aromatic heterocycles. The number of non-ortho nitro benzene ring substituents is 2. The number of halogens is 1. The van der Waals surface area contributed by atoms with E-state index in [-0.39, 0.29) is 48.8 Å².